The van der Waals surface area contributed by atoms with Crippen LogP contribution in [0.1, 0.15) is 32.5 Å². The van der Waals surface area contributed by atoms with Gasteiger partial charge in [-0.2, -0.15) is 0 Å². The topological polar surface area (TPSA) is 96.2 Å². The third kappa shape index (κ3) is 3.24. The molecule has 1 aromatic rings. The summed E-state index contributed by atoms with van der Waals surface area (Å²) in [6, 6.07) is 1.83. The SMILES string of the molecule is CCCc1nc(NN)cc(N2CCC(C)(C(=O)NC)C2)n1. The number of nitrogens with two attached hydrogens (primary N) is 1. The van der Waals surface area contributed by atoms with Gasteiger partial charge in [0, 0.05) is 32.6 Å². The predicted molar refractivity (Wildman–Crippen MR) is 82.8 cm³/mol. The first kappa shape index (κ1) is 15.5. The van der Waals surface area contributed by atoms with Crippen molar-refractivity contribution in [3.05, 3.63) is 11.9 Å². The van der Waals surface area contributed by atoms with Gasteiger partial charge in [-0.05, 0) is 19.8 Å². The average molecular weight is 292 g/mol. The number of aromatic nitrogens is 2. The summed E-state index contributed by atoms with van der Waals surface area (Å²) in [5.41, 5.74) is 2.21. The molecular formula is C14H24N6O. The Labute approximate surface area is 125 Å². The number of anilines is 2. The van der Waals surface area contributed by atoms with Gasteiger partial charge in [-0.15, -0.1) is 0 Å². The zero-order valence-corrected chi connectivity index (χ0v) is 12.9. The molecule has 1 amide bonds. The Morgan fingerprint density at radius 1 is 1.52 bits per heavy atom. The second kappa shape index (κ2) is 6.26. The third-order valence-electron chi connectivity index (χ3n) is 3.95. The van der Waals surface area contributed by atoms with Crippen molar-refractivity contribution >= 4 is 17.5 Å². The first-order valence-corrected chi connectivity index (χ1v) is 7.34. The van der Waals surface area contributed by atoms with Gasteiger partial charge >= 0.3 is 0 Å². The van der Waals surface area contributed by atoms with Crippen LogP contribution in [-0.2, 0) is 11.2 Å². The number of nitrogens with one attached hydrogen (secondary N) is 2. The molecule has 1 atom stereocenters. The molecule has 1 fully saturated rings. The van der Waals surface area contributed by atoms with Crippen molar-refractivity contribution in [3.8, 4) is 0 Å². The average Bonchev–Trinajstić information content (AvgIpc) is 2.90. The van der Waals surface area contributed by atoms with E-state index in [9.17, 15) is 4.79 Å². The van der Waals surface area contributed by atoms with Crippen LogP contribution in [0, 0.1) is 5.41 Å². The molecule has 7 nitrogen and oxygen atoms in total. The summed E-state index contributed by atoms with van der Waals surface area (Å²) < 4.78 is 0. The molecule has 4 N–H and O–H groups in total. The first-order valence-electron chi connectivity index (χ1n) is 7.34. The van der Waals surface area contributed by atoms with E-state index in [0.717, 1.165) is 37.4 Å². The molecule has 7 heteroatoms. The molecule has 1 aromatic heterocycles. The van der Waals surface area contributed by atoms with Crippen LogP contribution in [0.15, 0.2) is 6.07 Å². The molecule has 21 heavy (non-hydrogen) atoms. The standard InChI is InChI=1S/C14H24N6O/c1-4-5-10-17-11(19-15)8-12(18-10)20-7-6-14(2,9-20)13(21)16-3/h8H,4-7,9,15H2,1-3H3,(H,16,21)(H,17,18,19). The second-order valence-electron chi connectivity index (χ2n) is 5.73. The predicted octanol–water partition coefficient (Wildman–Crippen LogP) is 0.677. The molecule has 2 heterocycles. The maximum atomic E-state index is 12.0. The van der Waals surface area contributed by atoms with Gasteiger partial charge in [-0.25, -0.2) is 15.8 Å². The Morgan fingerprint density at radius 3 is 2.90 bits per heavy atom. The maximum Gasteiger partial charge on any atom is 0.227 e. The molecule has 0 aliphatic carbocycles. The number of nitrogen functional groups attached to an aromatic ring is 1. The Morgan fingerprint density at radius 2 is 2.29 bits per heavy atom. The summed E-state index contributed by atoms with van der Waals surface area (Å²) in [5.74, 6) is 7.77. The number of rotatable bonds is 5. The zero-order chi connectivity index (χ0) is 15.5. The van der Waals surface area contributed by atoms with E-state index < -0.39 is 0 Å². The van der Waals surface area contributed by atoms with Crippen molar-refractivity contribution in [1.82, 2.24) is 15.3 Å². The summed E-state index contributed by atoms with van der Waals surface area (Å²) in [6.45, 7) is 5.53. The molecule has 0 bridgehead atoms. The molecule has 1 aliphatic heterocycles. The smallest absolute Gasteiger partial charge is 0.227 e. The largest absolute Gasteiger partial charge is 0.359 e. The molecule has 1 unspecified atom stereocenters. The van der Waals surface area contributed by atoms with Gasteiger partial charge in [0.2, 0.25) is 5.91 Å². The summed E-state index contributed by atoms with van der Waals surface area (Å²) in [4.78, 5) is 23.1. The fourth-order valence-electron chi connectivity index (χ4n) is 2.70. The highest BCUT2D eigenvalue weighted by Gasteiger charge is 2.40. The zero-order valence-electron chi connectivity index (χ0n) is 12.9. The lowest BCUT2D eigenvalue weighted by atomic mass is 9.89. The van der Waals surface area contributed by atoms with E-state index >= 15 is 0 Å². The van der Waals surface area contributed by atoms with Crippen molar-refractivity contribution in [2.24, 2.45) is 11.3 Å². The normalized spacial score (nSPS) is 21.4. The van der Waals surface area contributed by atoms with E-state index in [1.807, 2.05) is 13.0 Å². The maximum absolute atomic E-state index is 12.0. The van der Waals surface area contributed by atoms with E-state index in [4.69, 9.17) is 5.84 Å². The van der Waals surface area contributed by atoms with Gasteiger partial charge in [0.05, 0.1) is 5.41 Å². The Bertz CT molecular complexity index is 520. The number of amides is 1. The number of nitrogens with zero attached hydrogens (tertiary/aromatic N) is 3. The number of hydrazine groups is 1. The van der Waals surface area contributed by atoms with E-state index in [-0.39, 0.29) is 11.3 Å². The first-order chi connectivity index (χ1) is 10.0. The van der Waals surface area contributed by atoms with E-state index in [0.29, 0.717) is 12.4 Å². The lowest BCUT2D eigenvalue weighted by Gasteiger charge is -2.23. The van der Waals surface area contributed by atoms with Crippen LogP contribution in [0.25, 0.3) is 0 Å². The summed E-state index contributed by atoms with van der Waals surface area (Å²) in [6.07, 6.45) is 2.59. The van der Waals surface area contributed by atoms with Crippen molar-refractivity contribution < 1.29 is 4.79 Å². The van der Waals surface area contributed by atoms with Crippen LogP contribution in [-0.4, -0.2) is 36.0 Å². The number of carbonyl (C=O) groups is 1. The van der Waals surface area contributed by atoms with E-state index in [1.165, 1.54) is 0 Å². The van der Waals surface area contributed by atoms with Gasteiger partial charge < -0.3 is 15.6 Å². The van der Waals surface area contributed by atoms with Gasteiger partial charge in [0.25, 0.3) is 0 Å². The van der Waals surface area contributed by atoms with Crippen LogP contribution in [0.2, 0.25) is 0 Å². The van der Waals surface area contributed by atoms with Gasteiger partial charge in [0.15, 0.2) is 0 Å². The lowest BCUT2D eigenvalue weighted by molar-refractivity contribution is -0.128. The minimum absolute atomic E-state index is 0.0741. The lowest BCUT2D eigenvalue weighted by Crippen LogP contribution is -2.39. The third-order valence-corrected chi connectivity index (χ3v) is 3.95. The number of hydrogen-bond acceptors (Lipinski definition) is 6. The molecule has 0 aromatic carbocycles. The fraction of sp³-hybridized carbons (Fsp3) is 0.643. The van der Waals surface area contributed by atoms with Gasteiger partial charge in [-0.3, -0.25) is 4.79 Å². The Hall–Kier alpha value is -1.89. The van der Waals surface area contributed by atoms with Crippen molar-refractivity contribution in [2.45, 2.75) is 33.1 Å². The van der Waals surface area contributed by atoms with Gasteiger partial charge in [0.1, 0.15) is 17.5 Å². The monoisotopic (exact) mass is 292 g/mol. The van der Waals surface area contributed by atoms with Crippen molar-refractivity contribution in [1.29, 1.82) is 0 Å². The molecule has 1 saturated heterocycles. The van der Waals surface area contributed by atoms with Crippen molar-refractivity contribution in [2.75, 3.05) is 30.5 Å². The molecule has 0 spiro atoms. The molecule has 0 radical (unpaired) electrons. The highest BCUT2D eigenvalue weighted by atomic mass is 16.2. The van der Waals surface area contributed by atoms with Crippen LogP contribution in [0.4, 0.5) is 11.6 Å². The van der Waals surface area contributed by atoms with Gasteiger partial charge in [-0.1, -0.05) is 6.92 Å². The van der Waals surface area contributed by atoms with Crippen LogP contribution in [0.3, 0.4) is 0 Å². The minimum atomic E-state index is -0.374. The number of carbonyl (C=O) groups excluding carboxylic acids is 1. The van der Waals surface area contributed by atoms with Crippen LogP contribution < -0.4 is 21.5 Å². The quantitative estimate of drug-likeness (QED) is 0.545. The Balaban J connectivity index is 2.23. The number of aryl methyl sites for hydroxylation is 1. The van der Waals surface area contributed by atoms with Crippen LogP contribution >= 0.6 is 0 Å². The number of hydrogen-bond donors (Lipinski definition) is 3. The summed E-state index contributed by atoms with van der Waals surface area (Å²) in [5, 5.41) is 2.74. The summed E-state index contributed by atoms with van der Waals surface area (Å²) >= 11 is 0. The fourth-order valence-corrected chi connectivity index (χ4v) is 2.70. The highest BCUT2D eigenvalue weighted by molar-refractivity contribution is 5.83. The van der Waals surface area contributed by atoms with Crippen molar-refractivity contribution in [3.63, 3.8) is 0 Å². The van der Waals surface area contributed by atoms with Crippen LogP contribution in [0.5, 0.6) is 0 Å². The molecule has 2 rings (SSSR count). The molecule has 116 valence electrons. The molecular weight excluding hydrogens is 268 g/mol. The highest BCUT2D eigenvalue weighted by Crippen LogP contribution is 2.33. The second-order valence-corrected chi connectivity index (χ2v) is 5.73. The minimum Gasteiger partial charge on any atom is -0.359 e. The molecule has 0 saturated carbocycles. The van der Waals surface area contributed by atoms with E-state index in [2.05, 4.69) is 32.5 Å². The van der Waals surface area contributed by atoms with E-state index in [1.54, 1.807) is 7.05 Å². The molecule has 1 aliphatic rings. The summed E-state index contributed by atoms with van der Waals surface area (Å²) in [7, 11) is 1.68. The Kier molecular flexibility index (Phi) is 4.62.